The molecule has 0 aromatic rings. The quantitative estimate of drug-likeness (QED) is 0.445. The lowest BCUT2D eigenvalue weighted by molar-refractivity contribution is -0.00211. The molecule has 1 heteroatoms. The second-order valence-corrected chi connectivity index (χ2v) is 7.06. The van der Waals surface area contributed by atoms with Crippen molar-refractivity contribution in [3.05, 3.63) is 12.2 Å². The third kappa shape index (κ3) is 1.48. The minimum Gasteiger partial charge on any atom is -0.366 e. The van der Waals surface area contributed by atoms with Crippen molar-refractivity contribution in [2.24, 2.45) is 17.3 Å². The van der Waals surface area contributed by atoms with E-state index >= 15 is 0 Å². The molecule has 0 aromatic heterocycles. The van der Waals surface area contributed by atoms with E-state index in [1.807, 2.05) is 0 Å². The van der Waals surface area contributed by atoms with Crippen molar-refractivity contribution in [2.45, 2.75) is 64.6 Å². The van der Waals surface area contributed by atoms with Gasteiger partial charge >= 0.3 is 0 Å². The molecule has 0 spiro atoms. The van der Waals surface area contributed by atoms with E-state index in [9.17, 15) is 0 Å². The van der Waals surface area contributed by atoms with Crippen LogP contribution in [0.1, 0.15) is 52.9 Å². The van der Waals surface area contributed by atoms with Crippen LogP contribution in [0.25, 0.3) is 0 Å². The van der Waals surface area contributed by atoms with Crippen molar-refractivity contribution in [3.8, 4) is 0 Å². The lowest BCUT2D eigenvalue weighted by Crippen LogP contribution is -2.44. The highest BCUT2D eigenvalue weighted by Crippen LogP contribution is 2.59. The number of ether oxygens (including phenoxy) is 1. The van der Waals surface area contributed by atoms with Gasteiger partial charge in [-0.05, 0) is 56.3 Å². The molecule has 1 heterocycles. The monoisotopic (exact) mass is 220 g/mol. The van der Waals surface area contributed by atoms with Crippen molar-refractivity contribution in [2.75, 3.05) is 0 Å². The lowest BCUT2D eigenvalue weighted by Gasteiger charge is -2.53. The number of hydrogen-bond acceptors (Lipinski definition) is 1. The number of allylic oxidation sites excluding steroid dienone is 1. The molecule has 0 amide bonds. The first-order chi connectivity index (χ1) is 7.42. The number of epoxide rings is 1. The smallest absolute Gasteiger partial charge is 0.0920 e. The zero-order valence-electron chi connectivity index (χ0n) is 10.9. The van der Waals surface area contributed by atoms with Gasteiger partial charge in [0.05, 0.1) is 11.7 Å². The second-order valence-electron chi connectivity index (χ2n) is 7.06. The van der Waals surface area contributed by atoms with Crippen LogP contribution in [0, 0.1) is 17.3 Å². The molecule has 4 atom stereocenters. The van der Waals surface area contributed by atoms with E-state index in [2.05, 4.69) is 27.4 Å². The van der Waals surface area contributed by atoms with Gasteiger partial charge in [-0.3, -0.25) is 0 Å². The molecule has 2 saturated carbocycles. The fraction of sp³-hybridized carbons (Fsp3) is 0.867. The van der Waals surface area contributed by atoms with E-state index in [1.54, 1.807) is 0 Å². The number of fused-ring (bicyclic) bond motifs is 2. The van der Waals surface area contributed by atoms with Crippen LogP contribution in [0.2, 0.25) is 0 Å². The first-order valence-electron chi connectivity index (χ1n) is 6.78. The van der Waals surface area contributed by atoms with Gasteiger partial charge in [0.25, 0.3) is 0 Å². The molecule has 0 aromatic carbocycles. The maximum Gasteiger partial charge on any atom is 0.0920 e. The molecule has 3 aliphatic rings. The number of rotatable bonds is 0. The van der Waals surface area contributed by atoms with Crippen LogP contribution in [0.4, 0.5) is 0 Å². The van der Waals surface area contributed by atoms with Gasteiger partial charge in [0.1, 0.15) is 0 Å². The van der Waals surface area contributed by atoms with Gasteiger partial charge in [0, 0.05) is 0 Å². The van der Waals surface area contributed by atoms with Gasteiger partial charge in [-0.1, -0.05) is 26.0 Å². The van der Waals surface area contributed by atoms with E-state index in [0.29, 0.717) is 11.5 Å². The maximum absolute atomic E-state index is 5.86. The van der Waals surface area contributed by atoms with Crippen LogP contribution in [-0.2, 0) is 4.74 Å². The molecular weight excluding hydrogens is 196 g/mol. The Morgan fingerprint density at radius 3 is 2.69 bits per heavy atom. The standard InChI is InChI=1S/C15H24O/c1-10-5-6-13-15(4,16-13)8-7-12-11(10)9-14(12,2)3/h11-13H,1,5-9H2,2-4H3/t11-,12+,13-,15+/m0/s1. The molecule has 0 N–H and O–H groups in total. The highest BCUT2D eigenvalue weighted by Gasteiger charge is 2.55. The van der Waals surface area contributed by atoms with Crippen LogP contribution in [0.5, 0.6) is 0 Å². The predicted molar refractivity (Wildman–Crippen MR) is 66.3 cm³/mol. The SMILES string of the molecule is C=C1CC[C@@H]2O[C@]2(C)CC[C@@H]2[C@H]1CC2(C)C. The third-order valence-electron chi connectivity index (χ3n) is 5.47. The maximum atomic E-state index is 5.86. The van der Waals surface area contributed by atoms with Gasteiger partial charge in [0.2, 0.25) is 0 Å². The summed E-state index contributed by atoms with van der Waals surface area (Å²) in [5.74, 6) is 1.68. The molecule has 16 heavy (non-hydrogen) atoms. The third-order valence-corrected chi connectivity index (χ3v) is 5.47. The largest absolute Gasteiger partial charge is 0.366 e. The Bertz CT molecular complexity index is 330. The van der Waals surface area contributed by atoms with E-state index in [4.69, 9.17) is 4.74 Å². The van der Waals surface area contributed by atoms with Crippen LogP contribution < -0.4 is 0 Å². The first kappa shape index (κ1) is 10.8. The summed E-state index contributed by atoms with van der Waals surface area (Å²) >= 11 is 0. The van der Waals surface area contributed by atoms with E-state index in [0.717, 1.165) is 11.8 Å². The normalized spacial score (nSPS) is 50.2. The van der Waals surface area contributed by atoms with Crippen molar-refractivity contribution < 1.29 is 4.74 Å². The van der Waals surface area contributed by atoms with Crippen molar-refractivity contribution in [3.63, 3.8) is 0 Å². The highest BCUT2D eigenvalue weighted by atomic mass is 16.6. The molecule has 1 aliphatic heterocycles. The summed E-state index contributed by atoms with van der Waals surface area (Å²) in [5, 5.41) is 0. The Kier molecular flexibility index (Phi) is 2.12. The molecule has 1 nitrogen and oxygen atoms in total. The zero-order chi connectivity index (χ0) is 11.6. The summed E-state index contributed by atoms with van der Waals surface area (Å²) in [6, 6.07) is 0. The predicted octanol–water partition coefficient (Wildman–Crippen LogP) is 3.94. The Balaban J connectivity index is 1.78. The van der Waals surface area contributed by atoms with E-state index < -0.39 is 0 Å². The minimum absolute atomic E-state index is 0.223. The first-order valence-corrected chi connectivity index (χ1v) is 6.78. The molecule has 90 valence electrons. The van der Waals surface area contributed by atoms with Gasteiger partial charge < -0.3 is 4.74 Å². The van der Waals surface area contributed by atoms with Gasteiger partial charge in [0.15, 0.2) is 0 Å². The fourth-order valence-corrected chi connectivity index (χ4v) is 4.08. The van der Waals surface area contributed by atoms with Crippen LogP contribution in [0.15, 0.2) is 12.2 Å². The van der Waals surface area contributed by atoms with Crippen LogP contribution in [-0.4, -0.2) is 11.7 Å². The van der Waals surface area contributed by atoms with Gasteiger partial charge in [-0.15, -0.1) is 0 Å². The average Bonchev–Trinajstić information content (AvgIpc) is 2.82. The molecular formula is C15H24O. The Morgan fingerprint density at radius 2 is 2.00 bits per heavy atom. The molecule has 0 radical (unpaired) electrons. The topological polar surface area (TPSA) is 12.5 Å². The minimum atomic E-state index is 0.223. The zero-order valence-corrected chi connectivity index (χ0v) is 10.9. The molecule has 3 rings (SSSR count). The molecule has 2 aliphatic carbocycles. The summed E-state index contributed by atoms with van der Waals surface area (Å²) in [5.41, 5.74) is 2.27. The number of hydrogen-bond donors (Lipinski definition) is 0. The van der Waals surface area contributed by atoms with Crippen molar-refractivity contribution in [1.82, 2.24) is 0 Å². The Morgan fingerprint density at radius 1 is 1.25 bits per heavy atom. The Labute approximate surface area is 99.3 Å². The summed E-state index contributed by atoms with van der Waals surface area (Å²) < 4.78 is 5.86. The van der Waals surface area contributed by atoms with Gasteiger partial charge in [-0.25, -0.2) is 0 Å². The molecule has 1 saturated heterocycles. The van der Waals surface area contributed by atoms with Crippen LogP contribution >= 0.6 is 0 Å². The van der Waals surface area contributed by atoms with E-state index in [1.165, 1.54) is 37.7 Å². The summed E-state index contributed by atoms with van der Waals surface area (Å²) in [7, 11) is 0. The van der Waals surface area contributed by atoms with Gasteiger partial charge in [-0.2, -0.15) is 0 Å². The summed E-state index contributed by atoms with van der Waals surface area (Å²) in [4.78, 5) is 0. The highest BCUT2D eigenvalue weighted by molar-refractivity contribution is 5.16. The van der Waals surface area contributed by atoms with Crippen molar-refractivity contribution >= 4 is 0 Å². The fourth-order valence-electron chi connectivity index (χ4n) is 4.08. The molecule has 0 unspecified atom stereocenters. The average molecular weight is 220 g/mol. The summed E-state index contributed by atoms with van der Waals surface area (Å²) in [6.45, 7) is 11.5. The Hall–Kier alpha value is -0.300. The summed E-state index contributed by atoms with van der Waals surface area (Å²) in [6.07, 6.45) is 6.89. The molecule has 0 bridgehead atoms. The lowest BCUT2D eigenvalue weighted by atomic mass is 9.52. The second kappa shape index (κ2) is 3.13. The van der Waals surface area contributed by atoms with Crippen LogP contribution in [0.3, 0.4) is 0 Å². The van der Waals surface area contributed by atoms with Crippen molar-refractivity contribution in [1.29, 1.82) is 0 Å². The van der Waals surface area contributed by atoms with E-state index in [-0.39, 0.29) is 5.60 Å². The molecule has 3 fully saturated rings.